The summed E-state index contributed by atoms with van der Waals surface area (Å²) >= 11 is 1.68. The second-order valence-corrected chi connectivity index (χ2v) is 4.76. The highest BCUT2D eigenvalue weighted by Crippen LogP contribution is 2.08. The summed E-state index contributed by atoms with van der Waals surface area (Å²) in [6.07, 6.45) is 1.15. The number of thiophene rings is 1. The molecule has 0 fully saturated rings. The minimum Gasteiger partial charge on any atom is -0.466 e. The molecule has 0 radical (unpaired) electrons. The molecule has 0 aliphatic carbocycles. The predicted molar refractivity (Wildman–Crippen MR) is 69.7 cm³/mol. The first-order valence-electron chi connectivity index (χ1n) is 5.99. The highest BCUT2D eigenvalue weighted by atomic mass is 32.1. The summed E-state index contributed by atoms with van der Waals surface area (Å²) in [6, 6.07) is 4.03. The van der Waals surface area contributed by atoms with E-state index in [2.05, 4.69) is 0 Å². The van der Waals surface area contributed by atoms with Crippen LogP contribution in [0.15, 0.2) is 17.5 Å². The zero-order valence-corrected chi connectivity index (χ0v) is 11.3. The van der Waals surface area contributed by atoms with Crippen molar-refractivity contribution in [3.63, 3.8) is 0 Å². The quantitative estimate of drug-likeness (QED) is 0.510. The van der Waals surface area contributed by atoms with Crippen molar-refractivity contribution in [3.8, 4) is 0 Å². The summed E-state index contributed by atoms with van der Waals surface area (Å²) in [5, 5.41) is 2.01. The molecule has 0 spiro atoms. The maximum absolute atomic E-state index is 11.4. The number of carbonyl (C=O) groups is 2. The largest absolute Gasteiger partial charge is 0.466 e. The number of esters is 1. The van der Waals surface area contributed by atoms with Gasteiger partial charge in [0.25, 0.3) is 0 Å². The van der Waals surface area contributed by atoms with Gasteiger partial charge in [-0.15, -0.1) is 11.3 Å². The van der Waals surface area contributed by atoms with Crippen LogP contribution < -0.4 is 0 Å². The topological polar surface area (TPSA) is 52.6 Å². The molecule has 0 aromatic carbocycles. The molecule has 0 bridgehead atoms. The molecule has 100 valence electrons. The first-order valence-corrected chi connectivity index (χ1v) is 6.87. The van der Waals surface area contributed by atoms with Gasteiger partial charge in [-0.1, -0.05) is 6.07 Å². The predicted octanol–water partition coefficient (Wildman–Crippen LogP) is 2.22. The Balaban J connectivity index is 2.01. The Morgan fingerprint density at radius 1 is 1.33 bits per heavy atom. The molecule has 0 aliphatic heterocycles. The number of Topliss-reactive ketones (excluding diaryl/α,β-unsaturated/α-hetero) is 1. The highest BCUT2D eigenvalue weighted by molar-refractivity contribution is 7.09. The minimum absolute atomic E-state index is 0.0609. The fourth-order valence-electron chi connectivity index (χ4n) is 1.36. The number of ether oxygens (including phenoxy) is 2. The van der Waals surface area contributed by atoms with Gasteiger partial charge in [0.1, 0.15) is 6.61 Å². The van der Waals surface area contributed by atoms with Crippen molar-refractivity contribution in [2.75, 3.05) is 19.8 Å². The lowest BCUT2D eigenvalue weighted by Crippen LogP contribution is -2.13. The van der Waals surface area contributed by atoms with Crippen LogP contribution in [0.3, 0.4) is 0 Å². The molecule has 1 aromatic heterocycles. The van der Waals surface area contributed by atoms with Crippen LogP contribution in [0.2, 0.25) is 0 Å². The number of carbonyl (C=O) groups excluding carboxylic acids is 2. The van der Waals surface area contributed by atoms with Gasteiger partial charge in [-0.25, -0.2) is 0 Å². The highest BCUT2D eigenvalue weighted by Gasteiger charge is 2.07. The Morgan fingerprint density at radius 2 is 2.17 bits per heavy atom. The minimum atomic E-state index is -0.329. The summed E-state index contributed by atoms with van der Waals surface area (Å²) < 4.78 is 10.0. The van der Waals surface area contributed by atoms with Gasteiger partial charge in [0.05, 0.1) is 19.6 Å². The molecule has 0 aliphatic rings. The third kappa shape index (κ3) is 6.51. The molecule has 1 aromatic rings. The first kappa shape index (κ1) is 14.9. The van der Waals surface area contributed by atoms with Gasteiger partial charge in [0, 0.05) is 17.7 Å². The fraction of sp³-hybridized carbons (Fsp3) is 0.538. The Labute approximate surface area is 111 Å². The van der Waals surface area contributed by atoms with Gasteiger partial charge in [0.15, 0.2) is 5.78 Å². The van der Waals surface area contributed by atoms with E-state index in [4.69, 9.17) is 9.47 Å². The molecule has 0 saturated heterocycles. The van der Waals surface area contributed by atoms with Crippen molar-refractivity contribution in [2.45, 2.75) is 26.2 Å². The molecule has 18 heavy (non-hydrogen) atoms. The van der Waals surface area contributed by atoms with E-state index in [9.17, 15) is 9.59 Å². The van der Waals surface area contributed by atoms with E-state index in [1.54, 1.807) is 18.3 Å². The zero-order valence-electron chi connectivity index (χ0n) is 10.5. The van der Waals surface area contributed by atoms with E-state index in [0.29, 0.717) is 13.2 Å². The molecular formula is C13H18O4S. The number of hydrogen-bond acceptors (Lipinski definition) is 5. The van der Waals surface area contributed by atoms with Crippen LogP contribution in [0.4, 0.5) is 0 Å². The van der Waals surface area contributed by atoms with Crippen molar-refractivity contribution < 1.29 is 19.1 Å². The van der Waals surface area contributed by atoms with Crippen molar-refractivity contribution in [1.82, 2.24) is 0 Å². The van der Waals surface area contributed by atoms with Crippen LogP contribution in [0.5, 0.6) is 0 Å². The Morgan fingerprint density at radius 3 is 2.83 bits per heavy atom. The molecule has 4 nitrogen and oxygen atoms in total. The van der Waals surface area contributed by atoms with Gasteiger partial charge in [-0.2, -0.15) is 0 Å². The van der Waals surface area contributed by atoms with E-state index in [1.165, 1.54) is 4.88 Å². The van der Waals surface area contributed by atoms with Gasteiger partial charge in [0.2, 0.25) is 0 Å². The van der Waals surface area contributed by atoms with Gasteiger partial charge in [-0.3, -0.25) is 9.59 Å². The third-order valence-corrected chi connectivity index (χ3v) is 3.19. The summed E-state index contributed by atoms with van der Waals surface area (Å²) in [5.41, 5.74) is 0. The second kappa shape index (κ2) is 8.83. The average molecular weight is 270 g/mol. The lowest BCUT2D eigenvalue weighted by molar-refractivity contribution is -0.144. The van der Waals surface area contributed by atoms with Crippen molar-refractivity contribution >= 4 is 23.1 Å². The lowest BCUT2D eigenvalue weighted by atomic mass is 10.2. The molecule has 1 heterocycles. The lowest BCUT2D eigenvalue weighted by Gasteiger charge is -2.03. The molecule has 0 N–H and O–H groups in total. The molecular weight excluding hydrogens is 252 g/mol. The maximum Gasteiger partial charge on any atom is 0.306 e. The Kier molecular flexibility index (Phi) is 7.29. The standard InChI is InChI=1S/C13H18O4S/c1-2-17-13(15)6-5-11(14)10-16-8-7-12-4-3-9-18-12/h3-4,9H,2,5-8,10H2,1H3. The van der Waals surface area contributed by atoms with Crippen LogP contribution in [-0.2, 0) is 25.5 Å². The Bertz CT molecular complexity index is 359. The summed E-state index contributed by atoms with van der Waals surface area (Å²) in [5.74, 6) is -0.390. The summed E-state index contributed by atoms with van der Waals surface area (Å²) in [7, 11) is 0. The Hall–Kier alpha value is -1.20. The molecule has 0 unspecified atom stereocenters. The van der Waals surface area contributed by atoms with Crippen molar-refractivity contribution in [3.05, 3.63) is 22.4 Å². The number of ketones is 1. The van der Waals surface area contributed by atoms with Gasteiger partial charge in [-0.05, 0) is 18.4 Å². The smallest absolute Gasteiger partial charge is 0.306 e. The molecule has 0 atom stereocenters. The van der Waals surface area contributed by atoms with Crippen LogP contribution in [0.1, 0.15) is 24.6 Å². The van der Waals surface area contributed by atoms with Crippen molar-refractivity contribution in [2.24, 2.45) is 0 Å². The first-order chi connectivity index (χ1) is 8.72. The maximum atomic E-state index is 11.4. The van der Waals surface area contributed by atoms with E-state index in [1.807, 2.05) is 17.5 Å². The fourth-order valence-corrected chi connectivity index (χ4v) is 2.05. The average Bonchev–Trinajstić information content (AvgIpc) is 2.85. The molecule has 0 amide bonds. The van der Waals surface area contributed by atoms with Crippen LogP contribution in [0, 0.1) is 0 Å². The normalized spacial score (nSPS) is 10.3. The van der Waals surface area contributed by atoms with Gasteiger partial charge >= 0.3 is 5.97 Å². The van der Waals surface area contributed by atoms with E-state index in [0.717, 1.165) is 6.42 Å². The zero-order chi connectivity index (χ0) is 13.2. The van der Waals surface area contributed by atoms with Crippen LogP contribution in [-0.4, -0.2) is 31.6 Å². The van der Waals surface area contributed by atoms with E-state index < -0.39 is 0 Å². The molecule has 5 heteroatoms. The second-order valence-electron chi connectivity index (χ2n) is 3.73. The van der Waals surface area contributed by atoms with Crippen molar-refractivity contribution in [1.29, 1.82) is 0 Å². The van der Waals surface area contributed by atoms with Gasteiger partial charge < -0.3 is 9.47 Å². The monoisotopic (exact) mass is 270 g/mol. The molecule has 1 rings (SSSR count). The summed E-state index contributed by atoms with van der Waals surface area (Å²) in [6.45, 7) is 2.70. The third-order valence-electron chi connectivity index (χ3n) is 2.25. The summed E-state index contributed by atoms with van der Waals surface area (Å²) in [4.78, 5) is 23.6. The van der Waals surface area contributed by atoms with Crippen LogP contribution >= 0.6 is 11.3 Å². The number of rotatable bonds is 9. The number of hydrogen-bond donors (Lipinski definition) is 0. The van der Waals surface area contributed by atoms with E-state index in [-0.39, 0.29) is 31.2 Å². The van der Waals surface area contributed by atoms with Crippen LogP contribution in [0.25, 0.3) is 0 Å². The van der Waals surface area contributed by atoms with E-state index >= 15 is 0 Å². The molecule has 0 saturated carbocycles. The SMILES string of the molecule is CCOC(=O)CCC(=O)COCCc1cccs1.